The number of anilines is 1. The number of nitriles is 1. The van der Waals surface area contributed by atoms with Gasteiger partial charge in [-0.3, -0.25) is 14.8 Å². The van der Waals surface area contributed by atoms with Crippen LogP contribution >= 0.6 is 0 Å². The molecule has 0 atom stereocenters. The van der Waals surface area contributed by atoms with E-state index >= 15 is 0 Å². The van der Waals surface area contributed by atoms with Crippen LogP contribution < -0.4 is 5.32 Å². The fourth-order valence-electron chi connectivity index (χ4n) is 3.92. The van der Waals surface area contributed by atoms with Crippen LogP contribution in [0.25, 0.3) is 33.8 Å². The van der Waals surface area contributed by atoms with Crippen molar-refractivity contribution in [3.63, 3.8) is 0 Å². The summed E-state index contributed by atoms with van der Waals surface area (Å²) in [5, 5.41) is 12.3. The Bertz CT molecular complexity index is 1490. The molecule has 0 bridgehead atoms. The minimum absolute atomic E-state index is 0.0757. The summed E-state index contributed by atoms with van der Waals surface area (Å²) in [6, 6.07) is 11.8. The summed E-state index contributed by atoms with van der Waals surface area (Å²) in [4.78, 5) is 34.4. The molecule has 1 N–H and O–H groups in total. The van der Waals surface area contributed by atoms with E-state index in [9.17, 15) is 10.1 Å². The molecule has 8 nitrogen and oxygen atoms in total. The van der Waals surface area contributed by atoms with Crippen LogP contribution in [0.1, 0.15) is 30.8 Å². The second kappa shape index (κ2) is 8.12. The zero-order chi connectivity index (χ0) is 23.9. The predicted octanol–water partition coefficient (Wildman–Crippen LogP) is 4.27. The maximum Gasteiger partial charge on any atom is 0.230 e. The van der Waals surface area contributed by atoms with Crippen LogP contribution in [0.4, 0.5) is 5.82 Å². The van der Waals surface area contributed by atoms with Crippen LogP contribution in [0, 0.1) is 18.3 Å². The Balaban J connectivity index is 1.57. The largest absolute Gasteiger partial charge is 0.310 e. The Morgan fingerprint density at radius 2 is 1.76 bits per heavy atom. The highest BCUT2D eigenvalue weighted by atomic mass is 16.1. The fraction of sp³-hybridized carbons (Fsp3) is 0.192. The number of amides is 1. The van der Waals surface area contributed by atoms with Crippen LogP contribution in [-0.2, 0) is 16.6 Å². The van der Waals surface area contributed by atoms with Crippen molar-refractivity contribution >= 4 is 11.7 Å². The average molecular weight is 448 g/mol. The molecule has 34 heavy (non-hydrogen) atoms. The molecule has 1 aliphatic heterocycles. The monoisotopic (exact) mass is 447 g/mol. The van der Waals surface area contributed by atoms with Gasteiger partial charge in [0.2, 0.25) is 5.91 Å². The number of hydrogen-bond donors (Lipinski definition) is 1. The summed E-state index contributed by atoms with van der Waals surface area (Å²) in [5.74, 6) is 1.04. The molecule has 0 radical (unpaired) electrons. The quantitative estimate of drug-likeness (QED) is 0.496. The molecule has 0 saturated heterocycles. The lowest BCUT2D eigenvalue weighted by molar-refractivity contribution is -0.115. The lowest BCUT2D eigenvalue weighted by atomic mass is 9.89. The van der Waals surface area contributed by atoms with E-state index in [1.807, 2.05) is 51.1 Å². The van der Waals surface area contributed by atoms with Crippen LogP contribution in [0.15, 0.2) is 55.1 Å². The standard InChI is InChI=1S/C26H21N7O/c1-15-19(10-17(13-31-15)16-4-7-28-22(11-16)26(2,3)14-27)24-30-9-6-21(32-24)18-5-8-29-25-20(18)12-23(34)33-25/h4-11,13H,12H2,1-3H3,(H,29,33,34). The van der Waals surface area contributed by atoms with Gasteiger partial charge < -0.3 is 5.32 Å². The van der Waals surface area contributed by atoms with E-state index in [1.54, 1.807) is 24.8 Å². The first-order chi connectivity index (χ1) is 16.4. The van der Waals surface area contributed by atoms with Crippen molar-refractivity contribution in [3.8, 4) is 39.8 Å². The predicted molar refractivity (Wildman–Crippen MR) is 127 cm³/mol. The average Bonchev–Trinajstić information content (AvgIpc) is 3.24. The number of pyridine rings is 3. The van der Waals surface area contributed by atoms with E-state index in [0.29, 0.717) is 23.0 Å². The number of aromatic nitrogens is 5. The first kappa shape index (κ1) is 21.3. The van der Waals surface area contributed by atoms with Crippen molar-refractivity contribution in [1.29, 1.82) is 5.26 Å². The molecule has 0 spiro atoms. The molecule has 5 heterocycles. The van der Waals surface area contributed by atoms with Gasteiger partial charge in [-0.1, -0.05) is 0 Å². The maximum atomic E-state index is 11.9. The van der Waals surface area contributed by atoms with Gasteiger partial charge in [0.1, 0.15) is 5.82 Å². The van der Waals surface area contributed by atoms with Crippen LogP contribution in [0.5, 0.6) is 0 Å². The second-order valence-corrected chi connectivity index (χ2v) is 8.70. The number of nitrogens with zero attached hydrogens (tertiary/aromatic N) is 6. The van der Waals surface area contributed by atoms with Crippen molar-refractivity contribution in [1.82, 2.24) is 24.9 Å². The molecule has 4 aromatic rings. The molecule has 0 saturated carbocycles. The van der Waals surface area contributed by atoms with Crippen molar-refractivity contribution in [2.75, 3.05) is 5.32 Å². The highest BCUT2D eigenvalue weighted by Crippen LogP contribution is 2.33. The topological polar surface area (TPSA) is 117 Å². The van der Waals surface area contributed by atoms with Gasteiger partial charge in [-0.05, 0) is 56.7 Å². The Hall–Kier alpha value is -4.51. The number of carbonyl (C=O) groups is 1. The van der Waals surface area contributed by atoms with E-state index in [4.69, 9.17) is 4.98 Å². The Morgan fingerprint density at radius 3 is 2.59 bits per heavy atom. The van der Waals surface area contributed by atoms with Gasteiger partial charge in [0.05, 0.1) is 29.3 Å². The normalized spacial score (nSPS) is 12.7. The molecule has 0 aliphatic carbocycles. The third-order valence-electron chi connectivity index (χ3n) is 5.92. The minimum Gasteiger partial charge on any atom is -0.310 e. The van der Waals surface area contributed by atoms with Crippen molar-refractivity contribution in [3.05, 3.63) is 72.1 Å². The minimum atomic E-state index is -0.699. The van der Waals surface area contributed by atoms with Gasteiger partial charge in [-0.25, -0.2) is 15.0 Å². The Morgan fingerprint density at radius 1 is 0.971 bits per heavy atom. The molecule has 5 rings (SSSR count). The zero-order valence-corrected chi connectivity index (χ0v) is 19.0. The fourth-order valence-corrected chi connectivity index (χ4v) is 3.92. The van der Waals surface area contributed by atoms with E-state index in [0.717, 1.165) is 33.5 Å². The van der Waals surface area contributed by atoms with Gasteiger partial charge in [-0.15, -0.1) is 0 Å². The van der Waals surface area contributed by atoms with E-state index in [1.165, 1.54) is 0 Å². The molecule has 166 valence electrons. The van der Waals surface area contributed by atoms with Crippen molar-refractivity contribution in [2.45, 2.75) is 32.6 Å². The van der Waals surface area contributed by atoms with Crippen LogP contribution in [-0.4, -0.2) is 30.8 Å². The molecule has 8 heteroatoms. The molecule has 0 aromatic carbocycles. The molecular formula is C26H21N7O. The molecule has 1 amide bonds. The lowest BCUT2D eigenvalue weighted by Gasteiger charge is -2.15. The van der Waals surface area contributed by atoms with E-state index < -0.39 is 5.41 Å². The Labute approximate surface area is 196 Å². The summed E-state index contributed by atoms with van der Waals surface area (Å²) in [5.41, 5.74) is 5.80. The lowest BCUT2D eigenvalue weighted by Crippen LogP contribution is -2.15. The number of fused-ring (bicyclic) bond motifs is 1. The molecular weight excluding hydrogens is 426 g/mol. The van der Waals surface area contributed by atoms with Crippen LogP contribution in [0.2, 0.25) is 0 Å². The van der Waals surface area contributed by atoms with Gasteiger partial charge in [0, 0.05) is 52.7 Å². The van der Waals surface area contributed by atoms with Gasteiger partial charge in [0.15, 0.2) is 5.82 Å². The Kier molecular flexibility index (Phi) is 5.10. The smallest absolute Gasteiger partial charge is 0.230 e. The molecule has 4 aromatic heterocycles. The second-order valence-electron chi connectivity index (χ2n) is 8.70. The first-order valence-corrected chi connectivity index (χ1v) is 10.8. The summed E-state index contributed by atoms with van der Waals surface area (Å²) in [7, 11) is 0. The summed E-state index contributed by atoms with van der Waals surface area (Å²) in [6.07, 6.45) is 7.16. The summed E-state index contributed by atoms with van der Waals surface area (Å²) in [6.45, 7) is 5.60. The van der Waals surface area contributed by atoms with Gasteiger partial charge in [-0.2, -0.15) is 5.26 Å². The first-order valence-electron chi connectivity index (χ1n) is 10.8. The third kappa shape index (κ3) is 3.77. The number of hydrogen-bond acceptors (Lipinski definition) is 7. The number of aryl methyl sites for hydroxylation is 1. The number of rotatable bonds is 4. The van der Waals surface area contributed by atoms with E-state index in [-0.39, 0.29) is 12.3 Å². The molecule has 0 fully saturated rings. The maximum absolute atomic E-state index is 11.9. The van der Waals surface area contributed by atoms with Gasteiger partial charge in [0.25, 0.3) is 0 Å². The highest BCUT2D eigenvalue weighted by molar-refractivity contribution is 6.00. The van der Waals surface area contributed by atoms with Crippen molar-refractivity contribution in [2.24, 2.45) is 0 Å². The van der Waals surface area contributed by atoms with E-state index in [2.05, 4.69) is 31.3 Å². The number of nitrogens with one attached hydrogen (secondary N) is 1. The summed E-state index contributed by atoms with van der Waals surface area (Å²) >= 11 is 0. The molecule has 1 aliphatic rings. The SMILES string of the molecule is Cc1ncc(-c2ccnc(C(C)(C)C#N)c2)cc1-c1nccc(-c2ccnc3c2CC(=O)N3)n1. The highest BCUT2D eigenvalue weighted by Gasteiger charge is 2.24. The summed E-state index contributed by atoms with van der Waals surface area (Å²) < 4.78 is 0. The third-order valence-corrected chi connectivity index (χ3v) is 5.92. The number of carbonyl (C=O) groups excluding carboxylic acids is 1. The molecule has 0 unspecified atom stereocenters. The van der Waals surface area contributed by atoms with Crippen LogP contribution in [0.3, 0.4) is 0 Å². The van der Waals surface area contributed by atoms with Crippen molar-refractivity contribution < 1.29 is 4.79 Å². The van der Waals surface area contributed by atoms with Gasteiger partial charge >= 0.3 is 0 Å². The zero-order valence-electron chi connectivity index (χ0n) is 19.0.